The summed E-state index contributed by atoms with van der Waals surface area (Å²) in [6, 6.07) is 24.8. The Hall–Kier alpha value is -3.44. The van der Waals surface area contributed by atoms with Gasteiger partial charge in [-0.2, -0.15) is 5.10 Å². The molecular formula is C27H27N3OS. The molecule has 0 aliphatic heterocycles. The lowest BCUT2D eigenvalue weighted by Gasteiger charge is -2.06. The molecule has 4 aromatic rings. The zero-order valence-corrected chi connectivity index (χ0v) is 19.7. The predicted octanol–water partition coefficient (Wildman–Crippen LogP) is 7.33. The Kier molecular flexibility index (Phi) is 6.66. The first-order chi connectivity index (χ1) is 15.5. The summed E-state index contributed by atoms with van der Waals surface area (Å²) in [4.78, 5) is 6.04. The van der Waals surface area contributed by atoms with Crippen molar-refractivity contribution in [2.45, 2.75) is 27.7 Å². The van der Waals surface area contributed by atoms with Crippen LogP contribution in [0.25, 0.3) is 21.7 Å². The molecule has 0 radical (unpaired) electrons. The summed E-state index contributed by atoms with van der Waals surface area (Å²) < 4.78 is 5.52. The molecule has 162 valence electrons. The molecule has 4 rings (SSSR count). The van der Waals surface area contributed by atoms with Crippen molar-refractivity contribution in [2.24, 2.45) is 5.10 Å². The van der Waals surface area contributed by atoms with Gasteiger partial charge in [0.2, 0.25) is 5.13 Å². The van der Waals surface area contributed by atoms with Crippen LogP contribution in [0.5, 0.6) is 5.75 Å². The van der Waals surface area contributed by atoms with Gasteiger partial charge in [0.1, 0.15) is 5.75 Å². The number of nitrogens with zero attached hydrogens (tertiary/aromatic N) is 2. The highest BCUT2D eigenvalue weighted by Crippen LogP contribution is 2.39. The summed E-state index contributed by atoms with van der Waals surface area (Å²) >= 11 is 1.61. The van der Waals surface area contributed by atoms with Crippen LogP contribution >= 0.6 is 11.3 Å². The molecule has 0 aliphatic carbocycles. The maximum atomic E-state index is 5.52. The summed E-state index contributed by atoms with van der Waals surface area (Å²) in [6.45, 7) is 8.89. The van der Waals surface area contributed by atoms with Gasteiger partial charge in [0.25, 0.3) is 0 Å². The molecule has 32 heavy (non-hydrogen) atoms. The first-order valence-electron chi connectivity index (χ1n) is 10.7. The normalized spacial score (nSPS) is 11.4. The second-order valence-electron chi connectivity index (χ2n) is 7.63. The number of hydrogen-bond donors (Lipinski definition) is 1. The maximum absolute atomic E-state index is 5.52. The minimum absolute atomic E-state index is 0.657. The number of hydrogen-bond acceptors (Lipinski definition) is 5. The average Bonchev–Trinajstić information content (AvgIpc) is 3.25. The van der Waals surface area contributed by atoms with E-state index in [-0.39, 0.29) is 0 Å². The third kappa shape index (κ3) is 4.89. The number of nitrogens with one attached hydrogen (secondary N) is 1. The molecule has 0 fully saturated rings. The second-order valence-corrected chi connectivity index (χ2v) is 8.63. The molecule has 3 aromatic carbocycles. The molecule has 1 N–H and O–H groups in total. The fraction of sp³-hybridized carbons (Fsp3) is 0.185. The van der Waals surface area contributed by atoms with Crippen molar-refractivity contribution in [3.63, 3.8) is 0 Å². The topological polar surface area (TPSA) is 46.5 Å². The number of rotatable bonds is 7. The van der Waals surface area contributed by atoms with E-state index in [9.17, 15) is 0 Å². The molecule has 5 heteroatoms. The summed E-state index contributed by atoms with van der Waals surface area (Å²) in [6.07, 6.45) is 0. The van der Waals surface area contributed by atoms with Crippen LogP contribution in [0, 0.1) is 13.8 Å². The van der Waals surface area contributed by atoms with E-state index in [0.717, 1.165) is 43.9 Å². The quantitative estimate of drug-likeness (QED) is 0.241. The first kappa shape index (κ1) is 21.8. The van der Waals surface area contributed by atoms with Crippen molar-refractivity contribution < 1.29 is 4.74 Å². The fourth-order valence-corrected chi connectivity index (χ4v) is 4.33. The van der Waals surface area contributed by atoms with E-state index >= 15 is 0 Å². The first-order valence-corrected chi connectivity index (χ1v) is 11.5. The van der Waals surface area contributed by atoms with Crippen LogP contribution in [0.1, 0.15) is 30.5 Å². The number of anilines is 1. The molecule has 0 unspecified atom stereocenters. The highest BCUT2D eigenvalue weighted by molar-refractivity contribution is 7.19. The number of benzene rings is 3. The van der Waals surface area contributed by atoms with Gasteiger partial charge in [-0.15, -0.1) is 0 Å². The zero-order chi connectivity index (χ0) is 22.5. The van der Waals surface area contributed by atoms with Gasteiger partial charge in [0, 0.05) is 5.56 Å². The van der Waals surface area contributed by atoms with Crippen molar-refractivity contribution in [3.05, 3.63) is 89.5 Å². The van der Waals surface area contributed by atoms with E-state index in [1.165, 1.54) is 11.1 Å². The average molecular weight is 442 g/mol. The fourth-order valence-electron chi connectivity index (χ4n) is 3.39. The summed E-state index contributed by atoms with van der Waals surface area (Å²) in [5.74, 6) is 0.863. The predicted molar refractivity (Wildman–Crippen MR) is 136 cm³/mol. The van der Waals surface area contributed by atoms with Crippen LogP contribution in [0.15, 0.2) is 77.9 Å². The van der Waals surface area contributed by atoms with Gasteiger partial charge in [-0.1, -0.05) is 53.8 Å². The highest BCUT2D eigenvalue weighted by atomic mass is 32.1. The number of thiazole rings is 1. The van der Waals surface area contributed by atoms with E-state index < -0.39 is 0 Å². The molecule has 0 bridgehead atoms. The Labute approximate surface area is 193 Å². The standard InChI is InChI=1S/C27H27N3OS/c1-5-31-24-15-13-21(14-16-24)20(4)29-30-27-28-25(23-12-11-18(2)19(3)17-23)26(32-27)22-9-7-6-8-10-22/h6-17H,5H2,1-4H3,(H,28,30)/b29-20-. The Morgan fingerprint density at radius 3 is 2.38 bits per heavy atom. The minimum atomic E-state index is 0.657. The van der Waals surface area contributed by atoms with Gasteiger partial charge in [-0.05, 0) is 80.3 Å². The van der Waals surface area contributed by atoms with Crippen molar-refractivity contribution in [3.8, 4) is 27.4 Å². The molecule has 4 nitrogen and oxygen atoms in total. The molecule has 1 aromatic heterocycles. The van der Waals surface area contributed by atoms with Gasteiger partial charge in [0.05, 0.1) is 22.9 Å². The molecule has 0 saturated carbocycles. The second kappa shape index (κ2) is 9.79. The van der Waals surface area contributed by atoms with Crippen LogP contribution in [0.4, 0.5) is 5.13 Å². The zero-order valence-electron chi connectivity index (χ0n) is 18.8. The van der Waals surface area contributed by atoms with Gasteiger partial charge < -0.3 is 4.74 Å². The third-order valence-electron chi connectivity index (χ3n) is 5.35. The number of aromatic nitrogens is 1. The Morgan fingerprint density at radius 1 is 0.938 bits per heavy atom. The number of ether oxygens (including phenoxy) is 1. The van der Waals surface area contributed by atoms with Crippen LogP contribution < -0.4 is 10.2 Å². The Bertz CT molecular complexity index is 1230. The third-order valence-corrected chi connectivity index (χ3v) is 6.35. The monoisotopic (exact) mass is 441 g/mol. The Morgan fingerprint density at radius 2 is 1.69 bits per heavy atom. The van der Waals surface area contributed by atoms with Crippen LogP contribution in [-0.4, -0.2) is 17.3 Å². The van der Waals surface area contributed by atoms with Gasteiger partial charge in [-0.25, -0.2) is 4.98 Å². The van der Waals surface area contributed by atoms with Crippen LogP contribution in [-0.2, 0) is 0 Å². The highest BCUT2D eigenvalue weighted by Gasteiger charge is 2.15. The molecule has 0 atom stereocenters. The largest absolute Gasteiger partial charge is 0.494 e. The van der Waals surface area contributed by atoms with Crippen LogP contribution in [0.2, 0.25) is 0 Å². The van der Waals surface area contributed by atoms with Crippen molar-refractivity contribution in [1.82, 2.24) is 4.98 Å². The van der Waals surface area contributed by atoms with E-state index in [2.05, 4.69) is 66.8 Å². The van der Waals surface area contributed by atoms with E-state index in [4.69, 9.17) is 9.72 Å². The van der Waals surface area contributed by atoms with E-state index in [1.54, 1.807) is 11.3 Å². The SMILES string of the molecule is CCOc1ccc(/C(C)=N\Nc2nc(-c3ccc(C)c(C)c3)c(-c3ccccc3)s2)cc1. The van der Waals surface area contributed by atoms with Gasteiger partial charge in [-0.3, -0.25) is 5.43 Å². The smallest absolute Gasteiger partial charge is 0.204 e. The molecule has 0 spiro atoms. The lowest BCUT2D eigenvalue weighted by molar-refractivity contribution is 0.340. The summed E-state index contributed by atoms with van der Waals surface area (Å²) in [5.41, 5.74) is 10.9. The van der Waals surface area contributed by atoms with Crippen molar-refractivity contribution >= 4 is 22.2 Å². The molecular weight excluding hydrogens is 414 g/mol. The molecule has 1 heterocycles. The number of aryl methyl sites for hydroxylation is 2. The lowest BCUT2D eigenvalue weighted by Crippen LogP contribution is -2.00. The summed E-state index contributed by atoms with van der Waals surface area (Å²) in [7, 11) is 0. The van der Waals surface area contributed by atoms with E-state index in [0.29, 0.717) is 6.61 Å². The van der Waals surface area contributed by atoms with Gasteiger partial charge >= 0.3 is 0 Å². The molecule has 0 amide bonds. The lowest BCUT2D eigenvalue weighted by atomic mass is 10.0. The molecule has 0 aliphatic rings. The minimum Gasteiger partial charge on any atom is -0.494 e. The van der Waals surface area contributed by atoms with Gasteiger partial charge in [0.15, 0.2) is 0 Å². The van der Waals surface area contributed by atoms with Crippen molar-refractivity contribution in [2.75, 3.05) is 12.0 Å². The Balaban J connectivity index is 1.65. The van der Waals surface area contributed by atoms with Crippen molar-refractivity contribution in [1.29, 1.82) is 0 Å². The number of hydrazone groups is 1. The maximum Gasteiger partial charge on any atom is 0.204 e. The summed E-state index contributed by atoms with van der Waals surface area (Å²) in [5, 5.41) is 5.35. The van der Waals surface area contributed by atoms with Crippen LogP contribution in [0.3, 0.4) is 0 Å². The van der Waals surface area contributed by atoms with E-state index in [1.807, 2.05) is 44.2 Å². The molecule has 0 saturated heterocycles.